The van der Waals surface area contributed by atoms with E-state index in [4.69, 9.17) is 9.47 Å². The van der Waals surface area contributed by atoms with E-state index < -0.39 is 24.4 Å². The summed E-state index contributed by atoms with van der Waals surface area (Å²) in [5, 5.41) is 5.09. The van der Waals surface area contributed by atoms with E-state index in [2.05, 4.69) is 10.6 Å². The van der Waals surface area contributed by atoms with E-state index in [1.165, 1.54) is 7.11 Å². The molecule has 2 rings (SSSR count). The number of esters is 1. The van der Waals surface area contributed by atoms with Gasteiger partial charge in [-0.1, -0.05) is 12.1 Å². The zero-order chi connectivity index (χ0) is 19.8. The summed E-state index contributed by atoms with van der Waals surface area (Å²) in [6, 6.07) is 12.0. The molecule has 2 aromatic carbocycles. The second-order valence-corrected chi connectivity index (χ2v) is 5.92. The van der Waals surface area contributed by atoms with E-state index in [9.17, 15) is 14.4 Å². The Bertz CT molecular complexity index is 848. The first-order valence-corrected chi connectivity index (χ1v) is 8.34. The molecule has 0 aliphatic heterocycles. The van der Waals surface area contributed by atoms with Crippen molar-refractivity contribution in [1.82, 2.24) is 5.32 Å². The number of anilines is 1. The molecule has 2 N–H and O–H groups in total. The molecule has 0 unspecified atom stereocenters. The van der Waals surface area contributed by atoms with Crippen LogP contribution in [0.2, 0.25) is 0 Å². The van der Waals surface area contributed by atoms with Crippen molar-refractivity contribution in [1.29, 1.82) is 0 Å². The highest BCUT2D eigenvalue weighted by Crippen LogP contribution is 2.14. The summed E-state index contributed by atoms with van der Waals surface area (Å²) in [6.45, 7) is 3.15. The molecule has 0 saturated heterocycles. The van der Waals surface area contributed by atoms with Gasteiger partial charge in [-0.3, -0.25) is 14.4 Å². The van der Waals surface area contributed by atoms with Gasteiger partial charge in [-0.2, -0.15) is 0 Å². The summed E-state index contributed by atoms with van der Waals surface area (Å²) in [4.78, 5) is 35.6. The Labute approximate surface area is 157 Å². The minimum absolute atomic E-state index is 0.340. The predicted molar refractivity (Wildman–Crippen MR) is 101 cm³/mol. The third-order valence-electron chi connectivity index (χ3n) is 3.88. The van der Waals surface area contributed by atoms with E-state index >= 15 is 0 Å². The normalized spacial score (nSPS) is 10.0. The van der Waals surface area contributed by atoms with Crippen LogP contribution in [-0.2, 0) is 14.3 Å². The van der Waals surface area contributed by atoms with Crippen molar-refractivity contribution in [2.45, 2.75) is 13.8 Å². The van der Waals surface area contributed by atoms with Crippen molar-refractivity contribution in [3.8, 4) is 5.75 Å². The smallest absolute Gasteiger partial charge is 0.325 e. The molecule has 0 aliphatic carbocycles. The molecular weight excluding hydrogens is 348 g/mol. The SMILES string of the molecule is COc1cccc(C(=O)NCC(=O)OCC(=O)Nc2ccc(C)c(C)c2)c1. The first-order valence-electron chi connectivity index (χ1n) is 8.34. The fraction of sp³-hybridized carbons (Fsp3) is 0.250. The maximum absolute atomic E-state index is 12.0. The Balaban J connectivity index is 1.75. The third-order valence-corrected chi connectivity index (χ3v) is 3.88. The molecule has 7 nitrogen and oxygen atoms in total. The number of methoxy groups -OCH3 is 1. The first kappa shape index (κ1) is 20.0. The molecule has 0 bridgehead atoms. The van der Waals surface area contributed by atoms with Gasteiger partial charge in [0, 0.05) is 11.3 Å². The fourth-order valence-electron chi connectivity index (χ4n) is 2.23. The van der Waals surface area contributed by atoms with Crippen molar-refractivity contribution in [2.24, 2.45) is 0 Å². The molecule has 0 radical (unpaired) electrons. The quantitative estimate of drug-likeness (QED) is 0.729. The third kappa shape index (κ3) is 6.14. The summed E-state index contributed by atoms with van der Waals surface area (Å²) >= 11 is 0. The largest absolute Gasteiger partial charge is 0.497 e. The fourth-order valence-corrected chi connectivity index (χ4v) is 2.23. The Morgan fingerprint density at radius 3 is 2.48 bits per heavy atom. The van der Waals surface area contributed by atoms with Gasteiger partial charge >= 0.3 is 5.97 Å². The highest BCUT2D eigenvalue weighted by molar-refractivity contribution is 5.97. The number of hydrogen-bond donors (Lipinski definition) is 2. The van der Waals surface area contributed by atoms with Gasteiger partial charge in [-0.15, -0.1) is 0 Å². The van der Waals surface area contributed by atoms with E-state index in [-0.39, 0.29) is 6.54 Å². The number of ether oxygens (including phenoxy) is 2. The predicted octanol–water partition coefficient (Wildman–Crippen LogP) is 2.22. The summed E-state index contributed by atoms with van der Waals surface area (Å²) < 4.78 is 9.91. The minimum Gasteiger partial charge on any atom is -0.497 e. The molecule has 2 aromatic rings. The first-order chi connectivity index (χ1) is 12.9. The van der Waals surface area contributed by atoms with Crippen LogP contribution in [0.25, 0.3) is 0 Å². The highest BCUT2D eigenvalue weighted by atomic mass is 16.5. The topological polar surface area (TPSA) is 93.7 Å². The van der Waals surface area contributed by atoms with Crippen LogP contribution < -0.4 is 15.4 Å². The lowest BCUT2D eigenvalue weighted by Gasteiger charge is -2.09. The average molecular weight is 370 g/mol. The molecule has 0 fully saturated rings. The number of amides is 2. The molecule has 27 heavy (non-hydrogen) atoms. The number of carbonyl (C=O) groups is 3. The summed E-state index contributed by atoms with van der Waals surface area (Å²) in [5.41, 5.74) is 3.15. The monoisotopic (exact) mass is 370 g/mol. The second-order valence-electron chi connectivity index (χ2n) is 5.92. The number of aryl methyl sites for hydroxylation is 2. The lowest BCUT2D eigenvalue weighted by molar-refractivity contribution is -0.146. The standard InChI is InChI=1S/C20H22N2O5/c1-13-7-8-16(9-14(13)2)22-18(23)12-27-19(24)11-21-20(25)15-5-4-6-17(10-15)26-3/h4-10H,11-12H2,1-3H3,(H,21,25)(H,22,23). The van der Waals surface area contributed by atoms with E-state index in [0.717, 1.165) is 11.1 Å². The van der Waals surface area contributed by atoms with Gasteiger partial charge in [0.2, 0.25) is 0 Å². The van der Waals surface area contributed by atoms with Crippen LogP contribution in [0, 0.1) is 13.8 Å². The van der Waals surface area contributed by atoms with E-state index in [0.29, 0.717) is 17.0 Å². The maximum atomic E-state index is 12.0. The van der Waals surface area contributed by atoms with Gasteiger partial charge in [0.25, 0.3) is 11.8 Å². The number of rotatable bonds is 7. The summed E-state index contributed by atoms with van der Waals surface area (Å²) in [7, 11) is 1.50. The zero-order valence-electron chi connectivity index (χ0n) is 15.5. The lowest BCUT2D eigenvalue weighted by Crippen LogP contribution is -2.32. The van der Waals surface area contributed by atoms with Crippen LogP contribution in [0.5, 0.6) is 5.75 Å². The minimum atomic E-state index is -0.707. The molecular formula is C20H22N2O5. The Kier molecular flexibility index (Phi) is 6.93. The van der Waals surface area contributed by atoms with Crippen molar-refractivity contribution < 1.29 is 23.9 Å². The van der Waals surface area contributed by atoms with Gasteiger partial charge in [0.1, 0.15) is 12.3 Å². The molecule has 7 heteroatoms. The highest BCUT2D eigenvalue weighted by Gasteiger charge is 2.11. The lowest BCUT2D eigenvalue weighted by atomic mass is 10.1. The molecule has 0 saturated carbocycles. The Hall–Kier alpha value is -3.35. The zero-order valence-corrected chi connectivity index (χ0v) is 15.5. The molecule has 0 aliphatic rings. The van der Waals surface area contributed by atoms with Crippen molar-refractivity contribution in [3.05, 3.63) is 59.2 Å². The number of benzene rings is 2. The summed E-state index contributed by atoms with van der Waals surface area (Å²) in [6.07, 6.45) is 0. The van der Waals surface area contributed by atoms with Crippen LogP contribution in [0.4, 0.5) is 5.69 Å². The molecule has 0 spiro atoms. The molecule has 2 amide bonds. The van der Waals surface area contributed by atoms with E-state index in [1.807, 2.05) is 26.0 Å². The van der Waals surface area contributed by atoms with Crippen LogP contribution in [0.15, 0.2) is 42.5 Å². The van der Waals surface area contributed by atoms with E-state index in [1.54, 1.807) is 30.3 Å². The van der Waals surface area contributed by atoms with Gasteiger partial charge in [0.15, 0.2) is 6.61 Å². The average Bonchev–Trinajstić information content (AvgIpc) is 2.67. The number of carbonyl (C=O) groups excluding carboxylic acids is 3. The van der Waals surface area contributed by atoms with Crippen LogP contribution in [-0.4, -0.2) is 38.0 Å². The summed E-state index contributed by atoms with van der Waals surface area (Å²) in [5.74, 6) is -1.06. The van der Waals surface area contributed by atoms with Crippen molar-refractivity contribution >= 4 is 23.5 Å². The molecule has 0 atom stereocenters. The molecule has 0 heterocycles. The van der Waals surface area contributed by atoms with Gasteiger partial charge < -0.3 is 20.1 Å². The van der Waals surface area contributed by atoms with Gasteiger partial charge in [-0.25, -0.2) is 0 Å². The van der Waals surface area contributed by atoms with Crippen LogP contribution in [0.1, 0.15) is 21.5 Å². The van der Waals surface area contributed by atoms with Crippen LogP contribution in [0.3, 0.4) is 0 Å². The maximum Gasteiger partial charge on any atom is 0.325 e. The van der Waals surface area contributed by atoms with Crippen LogP contribution >= 0.6 is 0 Å². The van der Waals surface area contributed by atoms with Crippen molar-refractivity contribution in [3.63, 3.8) is 0 Å². The number of nitrogens with one attached hydrogen (secondary N) is 2. The Morgan fingerprint density at radius 1 is 1.00 bits per heavy atom. The Morgan fingerprint density at radius 2 is 1.78 bits per heavy atom. The number of hydrogen-bond acceptors (Lipinski definition) is 5. The second kappa shape index (κ2) is 9.38. The molecule has 0 aromatic heterocycles. The van der Waals surface area contributed by atoms with Gasteiger partial charge in [-0.05, 0) is 55.3 Å². The van der Waals surface area contributed by atoms with Gasteiger partial charge in [0.05, 0.1) is 7.11 Å². The van der Waals surface area contributed by atoms with Crippen molar-refractivity contribution in [2.75, 3.05) is 25.6 Å². The molecule has 142 valence electrons.